The van der Waals surface area contributed by atoms with Crippen molar-refractivity contribution in [3.8, 4) is 11.3 Å². The lowest BCUT2D eigenvalue weighted by Crippen LogP contribution is -1.94. The Balaban J connectivity index is 2.44. The number of benzene rings is 2. The summed E-state index contributed by atoms with van der Waals surface area (Å²) < 4.78 is 2.19. The molecule has 0 fully saturated rings. The fraction of sp³-hybridized carbons (Fsp3) is 0.0667. The topological polar surface area (TPSA) is 4.93 Å². The van der Waals surface area contributed by atoms with E-state index in [1.807, 2.05) is 12.1 Å². The molecule has 2 aromatic carbocycles. The third-order valence-corrected chi connectivity index (χ3v) is 3.12. The van der Waals surface area contributed by atoms with Crippen LogP contribution in [0.3, 0.4) is 0 Å². The molecule has 0 N–H and O–H groups in total. The molecule has 0 aliphatic heterocycles. The fourth-order valence-corrected chi connectivity index (χ4v) is 2.34. The van der Waals surface area contributed by atoms with Crippen molar-refractivity contribution in [2.24, 2.45) is 0 Å². The average molecular weight is 240 g/mol. The molecule has 0 aliphatic rings. The highest BCUT2D eigenvalue weighted by atomic mass is 35.5. The maximum atomic E-state index is 5.45. The molecule has 0 saturated heterocycles. The van der Waals surface area contributed by atoms with E-state index in [0.717, 1.165) is 0 Å². The Morgan fingerprint density at radius 1 is 0.882 bits per heavy atom. The van der Waals surface area contributed by atoms with Gasteiger partial charge >= 0.3 is 0 Å². The summed E-state index contributed by atoms with van der Waals surface area (Å²) in [6, 6.07) is 16.7. The van der Waals surface area contributed by atoms with Crippen molar-refractivity contribution in [2.45, 2.75) is 6.54 Å². The number of nitrogens with zero attached hydrogens (tertiary/aromatic N) is 1. The summed E-state index contributed by atoms with van der Waals surface area (Å²) in [5.74, 6) is 2.91. The SMILES string of the molecule is ClC#CCn1c2ccccc2c2ccccc21. The second kappa shape index (κ2) is 4.16. The van der Waals surface area contributed by atoms with Crippen LogP contribution in [0.2, 0.25) is 0 Å². The van der Waals surface area contributed by atoms with Crippen molar-refractivity contribution < 1.29 is 0 Å². The zero-order chi connectivity index (χ0) is 11.7. The molecule has 0 bridgehead atoms. The highest BCUT2D eigenvalue weighted by molar-refractivity contribution is 6.30. The Bertz CT molecular complexity index is 690. The molecule has 0 amide bonds. The first-order valence-corrected chi connectivity index (χ1v) is 5.84. The van der Waals surface area contributed by atoms with Gasteiger partial charge in [0.1, 0.15) is 0 Å². The van der Waals surface area contributed by atoms with Gasteiger partial charge in [-0.3, -0.25) is 0 Å². The number of para-hydroxylation sites is 2. The minimum Gasteiger partial charge on any atom is -0.329 e. The van der Waals surface area contributed by atoms with Crippen molar-refractivity contribution >= 4 is 33.4 Å². The maximum absolute atomic E-state index is 5.45. The summed E-state index contributed by atoms with van der Waals surface area (Å²) in [4.78, 5) is 0. The minimum atomic E-state index is 0.623. The van der Waals surface area contributed by atoms with Gasteiger partial charge in [-0.2, -0.15) is 0 Å². The summed E-state index contributed by atoms with van der Waals surface area (Å²) >= 11 is 5.45. The number of rotatable bonds is 1. The normalized spacial score (nSPS) is 10.4. The van der Waals surface area contributed by atoms with Crippen molar-refractivity contribution in [2.75, 3.05) is 0 Å². The number of fused-ring (bicyclic) bond motifs is 3. The molecule has 3 aromatic rings. The first kappa shape index (κ1) is 10.3. The van der Waals surface area contributed by atoms with Crippen LogP contribution in [-0.2, 0) is 6.54 Å². The van der Waals surface area contributed by atoms with Crippen LogP contribution < -0.4 is 0 Å². The molecule has 1 heterocycles. The average Bonchev–Trinajstić information content (AvgIpc) is 2.71. The minimum absolute atomic E-state index is 0.623. The Morgan fingerprint density at radius 3 is 1.94 bits per heavy atom. The van der Waals surface area contributed by atoms with E-state index in [1.54, 1.807) is 0 Å². The first-order valence-electron chi connectivity index (χ1n) is 5.46. The summed E-state index contributed by atoms with van der Waals surface area (Å²) in [5, 5.41) is 4.96. The summed E-state index contributed by atoms with van der Waals surface area (Å²) in [6.07, 6.45) is 0. The second-order valence-corrected chi connectivity index (χ2v) is 4.08. The maximum Gasteiger partial charge on any atom is 0.0856 e. The van der Waals surface area contributed by atoms with E-state index in [1.165, 1.54) is 21.8 Å². The molecule has 0 spiro atoms. The van der Waals surface area contributed by atoms with Gasteiger partial charge < -0.3 is 4.57 Å². The number of hydrogen-bond acceptors (Lipinski definition) is 0. The van der Waals surface area contributed by atoms with Crippen LogP contribution in [0.1, 0.15) is 0 Å². The molecule has 2 heteroatoms. The van der Waals surface area contributed by atoms with E-state index in [4.69, 9.17) is 11.6 Å². The van der Waals surface area contributed by atoms with Crippen molar-refractivity contribution in [1.82, 2.24) is 4.57 Å². The van der Waals surface area contributed by atoms with Gasteiger partial charge in [-0.25, -0.2) is 0 Å². The molecule has 0 aliphatic carbocycles. The van der Waals surface area contributed by atoms with Gasteiger partial charge in [-0.1, -0.05) is 42.3 Å². The smallest absolute Gasteiger partial charge is 0.0856 e. The molecule has 3 rings (SSSR count). The lowest BCUT2D eigenvalue weighted by atomic mass is 10.2. The van der Waals surface area contributed by atoms with Crippen LogP contribution in [0.4, 0.5) is 0 Å². The largest absolute Gasteiger partial charge is 0.329 e. The van der Waals surface area contributed by atoms with Crippen molar-refractivity contribution in [3.63, 3.8) is 0 Å². The molecular formula is C15H10ClN. The predicted octanol–water partition coefficient (Wildman–Crippen LogP) is 3.99. The quantitative estimate of drug-likeness (QED) is 0.566. The summed E-state index contributed by atoms with van der Waals surface area (Å²) in [5.41, 5.74) is 2.40. The Kier molecular flexibility index (Phi) is 2.51. The van der Waals surface area contributed by atoms with Gasteiger partial charge in [-0.05, 0) is 23.7 Å². The third-order valence-electron chi connectivity index (χ3n) is 2.98. The van der Waals surface area contributed by atoms with Crippen LogP contribution >= 0.6 is 11.6 Å². The molecule has 0 unspecified atom stereocenters. The monoisotopic (exact) mass is 239 g/mol. The summed E-state index contributed by atoms with van der Waals surface area (Å²) in [7, 11) is 0. The molecule has 0 atom stereocenters. The Morgan fingerprint density at radius 2 is 1.41 bits per heavy atom. The lowest BCUT2D eigenvalue weighted by Gasteiger charge is -2.01. The molecular weight excluding hydrogens is 230 g/mol. The van der Waals surface area contributed by atoms with Crippen molar-refractivity contribution in [3.05, 3.63) is 48.5 Å². The van der Waals surface area contributed by atoms with E-state index >= 15 is 0 Å². The van der Waals surface area contributed by atoms with Gasteiger partial charge in [0.25, 0.3) is 0 Å². The van der Waals surface area contributed by atoms with Gasteiger partial charge in [0, 0.05) is 27.2 Å². The third kappa shape index (κ3) is 1.58. The van der Waals surface area contributed by atoms with Crippen LogP contribution in [0.5, 0.6) is 0 Å². The lowest BCUT2D eigenvalue weighted by molar-refractivity contribution is 0.924. The molecule has 1 nitrogen and oxygen atoms in total. The Labute approximate surface area is 105 Å². The standard InChI is InChI=1S/C15H10ClN/c16-10-5-11-17-14-8-3-1-6-12(14)13-7-2-4-9-15(13)17/h1-4,6-9H,11H2. The summed E-state index contributed by atoms with van der Waals surface area (Å²) in [6.45, 7) is 0.623. The number of hydrogen-bond donors (Lipinski definition) is 0. The van der Waals surface area contributed by atoms with Crippen LogP contribution in [-0.4, -0.2) is 4.57 Å². The van der Waals surface area contributed by atoms with E-state index < -0.39 is 0 Å². The van der Waals surface area contributed by atoms with Gasteiger partial charge in [0.05, 0.1) is 6.54 Å². The van der Waals surface area contributed by atoms with Gasteiger partial charge in [0.15, 0.2) is 0 Å². The van der Waals surface area contributed by atoms with E-state index in [-0.39, 0.29) is 0 Å². The van der Waals surface area contributed by atoms with E-state index in [9.17, 15) is 0 Å². The number of halogens is 1. The highest BCUT2D eigenvalue weighted by Gasteiger charge is 2.07. The highest BCUT2D eigenvalue weighted by Crippen LogP contribution is 2.28. The van der Waals surface area contributed by atoms with Crippen LogP contribution in [0, 0.1) is 11.3 Å². The van der Waals surface area contributed by atoms with Crippen molar-refractivity contribution in [1.29, 1.82) is 0 Å². The van der Waals surface area contributed by atoms with Gasteiger partial charge in [0.2, 0.25) is 0 Å². The molecule has 0 radical (unpaired) electrons. The van der Waals surface area contributed by atoms with Crippen LogP contribution in [0.25, 0.3) is 21.8 Å². The van der Waals surface area contributed by atoms with Crippen LogP contribution in [0.15, 0.2) is 48.5 Å². The second-order valence-electron chi connectivity index (χ2n) is 3.89. The molecule has 0 saturated carbocycles. The Hall–Kier alpha value is -1.91. The van der Waals surface area contributed by atoms with Gasteiger partial charge in [-0.15, -0.1) is 0 Å². The van der Waals surface area contributed by atoms with E-state index in [2.05, 4.69) is 52.3 Å². The predicted molar refractivity (Wildman–Crippen MR) is 73.1 cm³/mol. The first-order chi connectivity index (χ1) is 8.42. The zero-order valence-electron chi connectivity index (χ0n) is 9.15. The fourth-order valence-electron chi connectivity index (χ4n) is 2.28. The molecule has 1 aromatic heterocycles. The number of aromatic nitrogens is 1. The molecule has 82 valence electrons. The zero-order valence-corrected chi connectivity index (χ0v) is 9.91. The molecule has 17 heavy (non-hydrogen) atoms. The van der Waals surface area contributed by atoms with E-state index in [0.29, 0.717) is 6.54 Å².